The molecule has 30 heavy (non-hydrogen) atoms. The smallest absolute Gasteiger partial charge is 0.428 e. The molecule has 10 heteroatoms. The van der Waals surface area contributed by atoms with E-state index in [1.54, 1.807) is 32.9 Å². The van der Waals surface area contributed by atoms with Crippen molar-refractivity contribution < 1.29 is 37.0 Å². The first-order valence-electron chi connectivity index (χ1n) is 8.61. The Bertz CT molecular complexity index is 902. The number of rotatable bonds is 5. The van der Waals surface area contributed by atoms with Gasteiger partial charge in [0.05, 0.1) is 6.21 Å². The summed E-state index contributed by atoms with van der Waals surface area (Å²) < 4.78 is 50.2. The quantitative estimate of drug-likeness (QED) is 0.326. The standard InChI is InChI=1S/C20H19F3N2O5/c1-19(2,3)30-18(27)28-15-8-4-13(5-9-15)12-24-25-17(26)14-6-10-16(11-7-14)29-20(21,22)23/h4-12H,1-3H3,(H,25,26). The highest BCUT2D eigenvalue weighted by atomic mass is 19.4. The summed E-state index contributed by atoms with van der Waals surface area (Å²) in [6, 6.07) is 10.6. The van der Waals surface area contributed by atoms with Gasteiger partial charge in [-0.2, -0.15) is 5.10 Å². The van der Waals surface area contributed by atoms with Crippen LogP contribution in [0.1, 0.15) is 36.7 Å². The predicted octanol–water partition coefficient (Wildman–Crippen LogP) is 4.66. The van der Waals surface area contributed by atoms with Gasteiger partial charge in [-0.15, -0.1) is 13.2 Å². The Balaban J connectivity index is 1.87. The summed E-state index contributed by atoms with van der Waals surface area (Å²) in [6.07, 6.45) is -4.29. The molecule has 2 rings (SSSR count). The fourth-order valence-corrected chi connectivity index (χ4v) is 2.03. The molecule has 0 atom stereocenters. The molecule has 2 aromatic carbocycles. The lowest BCUT2D eigenvalue weighted by molar-refractivity contribution is -0.274. The first-order chi connectivity index (χ1) is 13.9. The maximum Gasteiger partial charge on any atom is 0.573 e. The SMILES string of the molecule is CC(C)(C)OC(=O)Oc1ccc(C=NNC(=O)c2ccc(OC(F)(F)F)cc2)cc1. The van der Waals surface area contributed by atoms with Gasteiger partial charge in [-0.1, -0.05) is 0 Å². The molecule has 0 saturated heterocycles. The second kappa shape index (κ2) is 9.29. The zero-order valence-electron chi connectivity index (χ0n) is 16.3. The number of hydrogen-bond acceptors (Lipinski definition) is 6. The third-order valence-electron chi connectivity index (χ3n) is 3.20. The van der Waals surface area contributed by atoms with Gasteiger partial charge in [-0.05, 0) is 74.9 Å². The first kappa shape index (κ1) is 22.7. The minimum absolute atomic E-state index is 0.0998. The van der Waals surface area contributed by atoms with Crippen LogP contribution in [0.4, 0.5) is 18.0 Å². The molecule has 7 nitrogen and oxygen atoms in total. The molecule has 0 unspecified atom stereocenters. The van der Waals surface area contributed by atoms with E-state index in [4.69, 9.17) is 9.47 Å². The largest absolute Gasteiger partial charge is 0.573 e. The van der Waals surface area contributed by atoms with E-state index in [2.05, 4.69) is 15.3 Å². The molecule has 160 valence electrons. The van der Waals surface area contributed by atoms with E-state index >= 15 is 0 Å². The summed E-state index contributed by atoms with van der Waals surface area (Å²) in [4.78, 5) is 23.6. The van der Waals surface area contributed by atoms with Gasteiger partial charge in [0, 0.05) is 5.56 Å². The zero-order valence-corrected chi connectivity index (χ0v) is 16.3. The van der Waals surface area contributed by atoms with Crippen LogP contribution >= 0.6 is 0 Å². The van der Waals surface area contributed by atoms with E-state index in [0.717, 1.165) is 12.1 Å². The minimum atomic E-state index is -4.80. The van der Waals surface area contributed by atoms with Crippen molar-refractivity contribution >= 4 is 18.3 Å². The van der Waals surface area contributed by atoms with Crippen LogP contribution in [0, 0.1) is 0 Å². The van der Waals surface area contributed by atoms with Crippen LogP contribution in [0.3, 0.4) is 0 Å². The number of carbonyl (C=O) groups excluding carboxylic acids is 2. The number of ether oxygens (including phenoxy) is 3. The average molecular weight is 424 g/mol. The Morgan fingerprint density at radius 2 is 1.50 bits per heavy atom. The maximum atomic E-state index is 12.1. The van der Waals surface area contributed by atoms with Crippen LogP contribution in [-0.2, 0) is 4.74 Å². The Morgan fingerprint density at radius 1 is 0.933 bits per heavy atom. The number of halogens is 3. The molecule has 0 heterocycles. The van der Waals surface area contributed by atoms with Crippen LogP contribution < -0.4 is 14.9 Å². The zero-order chi connectivity index (χ0) is 22.4. The van der Waals surface area contributed by atoms with Crippen molar-refractivity contribution in [2.45, 2.75) is 32.7 Å². The fraction of sp³-hybridized carbons (Fsp3) is 0.250. The number of amides is 1. The van der Waals surface area contributed by atoms with E-state index < -0.39 is 29.8 Å². The third kappa shape index (κ3) is 8.21. The van der Waals surface area contributed by atoms with Gasteiger partial charge >= 0.3 is 12.5 Å². The van der Waals surface area contributed by atoms with E-state index in [9.17, 15) is 22.8 Å². The van der Waals surface area contributed by atoms with Crippen molar-refractivity contribution in [2.75, 3.05) is 0 Å². The molecular weight excluding hydrogens is 405 g/mol. The van der Waals surface area contributed by atoms with Crippen molar-refractivity contribution in [3.8, 4) is 11.5 Å². The number of nitrogens with zero attached hydrogens (tertiary/aromatic N) is 1. The van der Waals surface area contributed by atoms with Gasteiger partial charge in [0.2, 0.25) is 0 Å². The Kier molecular flexibility index (Phi) is 7.04. The Labute approximate surface area is 170 Å². The molecule has 0 aromatic heterocycles. The minimum Gasteiger partial charge on any atom is -0.428 e. The lowest BCUT2D eigenvalue weighted by Gasteiger charge is -2.18. The molecule has 0 aliphatic heterocycles. The highest BCUT2D eigenvalue weighted by molar-refractivity contribution is 5.95. The summed E-state index contributed by atoms with van der Waals surface area (Å²) in [6.45, 7) is 5.15. The van der Waals surface area contributed by atoms with Crippen LogP contribution in [0.2, 0.25) is 0 Å². The van der Waals surface area contributed by atoms with Crippen molar-refractivity contribution in [2.24, 2.45) is 5.10 Å². The highest BCUT2D eigenvalue weighted by Crippen LogP contribution is 2.22. The number of benzene rings is 2. The fourth-order valence-electron chi connectivity index (χ4n) is 2.03. The maximum absolute atomic E-state index is 12.1. The second-order valence-corrected chi connectivity index (χ2v) is 6.91. The number of hydrogen-bond donors (Lipinski definition) is 1. The normalized spacial score (nSPS) is 11.8. The van der Waals surface area contributed by atoms with Crippen molar-refractivity contribution in [3.63, 3.8) is 0 Å². The molecular formula is C20H19F3N2O5. The number of hydrazone groups is 1. The lowest BCUT2D eigenvalue weighted by Crippen LogP contribution is -2.25. The summed E-state index contributed by atoms with van der Waals surface area (Å²) in [5.41, 5.74) is 2.27. The Morgan fingerprint density at radius 3 is 2.03 bits per heavy atom. The summed E-state index contributed by atoms with van der Waals surface area (Å²) in [7, 11) is 0. The van der Waals surface area contributed by atoms with Gasteiger partial charge in [0.25, 0.3) is 5.91 Å². The van der Waals surface area contributed by atoms with E-state index in [-0.39, 0.29) is 11.3 Å². The molecule has 0 radical (unpaired) electrons. The number of alkyl halides is 3. The topological polar surface area (TPSA) is 86.2 Å². The van der Waals surface area contributed by atoms with Gasteiger partial charge in [-0.25, -0.2) is 10.2 Å². The third-order valence-corrected chi connectivity index (χ3v) is 3.20. The van der Waals surface area contributed by atoms with Crippen LogP contribution in [0.15, 0.2) is 53.6 Å². The van der Waals surface area contributed by atoms with Crippen LogP contribution in [0.5, 0.6) is 11.5 Å². The Hall–Kier alpha value is -3.56. The van der Waals surface area contributed by atoms with Gasteiger partial charge in [-0.3, -0.25) is 4.79 Å². The molecule has 0 bridgehead atoms. The predicted molar refractivity (Wildman–Crippen MR) is 101 cm³/mol. The molecule has 0 fully saturated rings. The van der Waals surface area contributed by atoms with E-state index in [1.165, 1.54) is 30.5 Å². The average Bonchev–Trinajstić information content (AvgIpc) is 2.60. The molecule has 1 amide bonds. The van der Waals surface area contributed by atoms with Crippen molar-refractivity contribution in [1.29, 1.82) is 0 Å². The molecule has 2 aromatic rings. The highest BCUT2D eigenvalue weighted by Gasteiger charge is 2.31. The van der Waals surface area contributed by atoms with Crippen molar-refractivity contribution in [1.82, 2.24) is 5.43 Å². The van der Waals surface area contributed by atoms with Gasteiger partial charge < -0.3 is 14.2 Å². The van der Waals surface area contributed by atoms with E-state index in [0.29, 0.717) is 5.56 Å². The first-order valence-corrected chi connectivity index (χ1v) is 8.61. The lowest BCUT2D eigenvalue weighted by atomic mass is 10.2. The summed E-state index contributed by atoms with van der Waals surface area (Å²) >= 11 is 0. The molecule has 0 saturated carbocycles. The molecule has 0 spiro atoms. The second-order valence-electron chi connectivity index (χ2n) is 6.91. The van der Waals surface area contributed by atoms with Gasteiger partial charge in [0.1, 0.15) is 17.1 Å². The molecule has 0 aliphatic carbocycles. The van der Waals surface area contributed by atoms with E-state index in [1.807, 2.05) is 0 Å². The van der Waals surface area contributed by atoms with Gasteiger partial charge in [0.15, 0.2) is 0 Å². The monoisotopic (exact) mass is 424 g/mol. The van der Waals surface area contributed by atoms with Crippen LogP contribution in [0.25, 0.3) is 0 Å². The summed E-state index contributed by atoms with van der Waals surface area (Å²) in [5.74, 6) is -0.780. The molecule has 0 aliphatic rings. The van der Waals surface area contributed by atoms with Crippen molar-refractivity contribution in [3.05, 3.63) is 59.7 Å². The number of carbonyl (C=O) groups is 2. The van der Waals surface area contributed by atoms with Crippen LogP contribution in [-0.4, -0.2) is 30.2 Å². The number of nitrogens with one attached hydrogen (secondary N) is 1. The molecule has 1 N–H and O–H groups in total. The summed E-state index contributed by atoms with van der Waals surface area (Å²) in [5, 5.41) is 3.77.